The molecule has 2 heterocycles. The van der Waals surface area contributed by atoms with Gasteiger partial charge < -0.3 is 9.80 Å². The summed E-state index contributed by atoms with van der Waals surface area (Å²) in [4.78, 5) is 29.4. The number of aryl methyl sites for hydroxylation is 2. The Morgan fingerprint density at radius 2 is 1.77 bits per heavy atom. The van der Waals surface area contributed by atoms with Crippen molar-refractivity contribution in [3.63, 3.8) is 0 Å². The maximum absolute atomic E-state index is 12.7. The largest absolute Gasteiger partial charge is 0.353 e. The number of benzene rings is 1. The second-order valence-electron chi connectivity index (χ2n) is 9.12. The van der Waals surface area contributed by atoms with Crippen molar-refractivity contribution in [2.45, 2.75) is 58.8 Å². The van der Waals surface area contributed by atoms with Gasteiger partial charge in [0.25, 0.3) is 5.56 Å². The van der Waals surface area contributed by atoms with Crippen LogP contribution in [0.25, 0.3) is 5.69 Å². The Balaban J connectivity index is 1.42. The predicted molar refractivity (Wildman–Crippen MR) is 124 cm³/mol. The highest BCUT2D eigenvalue weighted by atomic mass is 16.2. The molecule has 2 fully saturated rings. The van der Waals surface area contributed by atoms with Crippen LogP contribution in [-0.2, 0) is 4.79 Å². The average Bonchev–Trinajstić information content (AvgIpc) is 3.17. The van der Waals surface area contributed by atoms with E-state index < -0.39 is 0 Å². The Hall–Kier alpha value is -2.63. The third-order valence-electron chi connectivity index (χ3n) is 6.94. The monoisotopic (exact) mass is 422 g/mol. The van der Waals surface area contributed by atoms with Crippen molar-refractivity contribution >= 4 is 11.7 Å². The van der Waals surface area contributed by atoms with E-state index in [2.05, 4.69) is 16.9 Å². The molecule has 0 spiro atoms. The van der Waals surface area contributed by atoms with Crippen LogP contribution in [0.1, 0.15) is 56.1 Å². The molecule has 0 radical (unpaired) electrons. The number of hydrogen-bond donors (Lipinski definition) is 0. The second-order valence-corrected chi connectivity index (χ2v) is 9.12. The lowest BCUT2D eigenvalue weighted by Gasteiger charge is -2.23. The van der Waals surface area contributed by atoms with Crippen LogP contribution in [0.3, 0.4) is 0 Å². The molecular weight excluding hydrogens is 388 g/mol. The molecule has 166 valence electrons. The maximum atomic E-state index is 12.7. The molecule has 2 aromatic rings. The van der Waals surface area contributed by atoms with Crippen LogP contribution in [-0.4, -0.2) is 46.8 Å². The lowest BCUT2D eigenvalue weighted by Crippen LogP contribution is -2.36. The molecule has 1 saturated carbocycles. The van der Waals surface area contributed by atoms with E-state index in [1.807, 2.05) is 30.0 Å². The average molecular weight is 423 g/mol. The number of amides is 1. The molecule has 1 aliphatic heterocycles. The lowest BCUT2D eigenvalue weighted by atomic mass is 10.0. The highest BCUT2D eigenvalue weighted by Crippen LogP contribution is 2.28. The quantitative estimate of drug-likeness (QED) is 0.734. The minimum atomic E-state index is -0.134. The number of aromatic nitrogens is 2. The van der Waals surface area contributed by atoms with Crippen molar-refractivity contribution in [1.29, 1.82) is 0 Å². The molecule has 6 nitrogen and oxygen atoms in total. The number of anilines is 1. The smallest absolute Gasteiger partial charge is 0.271 e. The van der Waals surface area contributed by atoms with Gasteiger partial charge >= 0.3 is 0 Å². The van der Waals surface area contributed by atoms with Gasteiger partial charge in [-0.3, -0.25) is 9.59 Å². The SMILES string of the molecule is Cc1ccc(-n2nc(N3CCCN(C(=O)CCC4CCCC4)CC3)ccc2=O)cc1C. The van der Waals surface area contributed by atoms with Crippen molar-refractivity contribution in [2.75, 3.05) is 31.1 Å². The van der Waals surface area contributed by atoms with Crippen LogP contribution in [0.4, 0.5) is 5.82 Å². The molecular formula is C25H34N4O2. The fraction of sp³-hybridized carbons (Fsp3) is 0.560. The zero-order valence-electron chi connectivity index (χ0n) is 18.8. The molecule has 0 bridgehead atoms. The Morgan fingerprint density at radius 3 is 2.55 bits per heavy atom. The zero-order chi connectivity index (χ0) is 21.8. The Kier molecular flexibility index (Phi) is 6.73. The summed E-state index contributed by atoms with van der Waals surface area (Å²) in [5.74, 6) is 1.84. The van der Waals surface area contributed by atoms with E-state index in [4.69, 9.17) is 0 Å². The minimum Gasteiger partial charge on any atom is -0.353 e. The molecule has 1 aliphatic carbocycles. The molecule has 1 aromatic carbocycles. The summed E-state index contributed by atoms with van der Waals surface area (Å²) in [5.41, 5.74) is 2.98. The summed E-state index contributed by atoms with van der Waals surface area (Å²) in [6.07, 6.45) is 7.89. The van der Waals surface area contributed by atoms with Gasteiger partial charge in [-0.25, -0.2) is 0 Å². The Morgan fingerprint density at radius 1 is 0.968 bits per heavy atom. The first-order valence-corrected chi connectivity index (χ1v) is 11.7. The van der Waals surface area contributed by atoms with Gasteiger partial charge in [0.2, 0.25) is 5.91 Å². The van der Waals surface area contributed by atoms with E-state index in [0.29, 0.717) is 18.9 Å². The van der Waals surface area contributed by atoms with Crippen LogP contribution >= 0.6 is 0 Å². The molecule has 0 unspecified atom stereocenters. The Bertz CT molecular complexity index is 978. The zero-order valence-corrected chi connectivity index (χ0v) is 18.8. The molecule has 1 amide bonds. The molecule has 6 heteroatoms. The van der Waals surface area contributed by atoms with Crippen LogP contribution in [0, 0.1) is 19.8 Å². The lowest BCUT2D eigenvalue weighted by molar-refractivity contribution is -0.131. The molecule has 2 aliphatic rings. The first-order valence-electron chi connectivity index (χ1n) is 11.7. The number of carbonyl (C=O) groups is 1. The summed E-state index contributed by atoms with van der Waals surface area (Å²) >= 11 is 0. The predicted octanol–water partition coefficient (Wildman–Crippen LogP) is 3.86. The first kappa shape index (κ1) is 21.6. The van der Waals surface area contributed by atoms with Crippen molar-refractivity contribution in [3.8, 4) is 5.69 Å². The number of carbonyl (C=O) groups excluding carboxylic acids is 1. The van der Waals surface area contributed by atoms with E-state index in [0.717, 1.165) is 55.5 Å². The highest BCUT2D eigenvalue weighted by molar-refractivity contribution is 5.76. The maximum Gasteiger partial charge on any atom is 0.271 e. The molecule has 4 rings (SSSR count). The normalized spacial score (nSPS) is 17.7. The van der Waals surface area contributed by atoms with Gasteiger partial charge in [-0.2, -0.15) is 4.68 Å². The van der Waals surface area contributed by atoms with E-state index in [1.165, 1.54) is 35.9 Å². The van der Waals surface area contributed by atoms with Gasteiger partial charge in [0.05, 0.1) is 5.69 Å². The fourth-order valence-corrected chi connectivity index (χ4v) is 4.79. The van der Waals surface area contributed by atoms with Crippen molar-refractivity contribution in [1.82, 2.24) is 14.7 Å². The van der Waals surface area contributed by atoms with E-state index in [9.17, 15) is 9.59 Å². The summed E-state index contributed by atoms with van der Waals surface area (Å²) in [7, 11) is 0. The Labute approximate surface area is 184 Å². The molecule has 1 aromatic heterocycles. The minimum absolute atomic E-state index is 0.134. The van der Waals surface area contributed by atoms with Crippen LogP contribution in [0.15, 0.2) is 35.1 Å². The van der Waals surface area contributed by atoms with Crippen molar-refractivity contribution in [2.24, 2.45) is 5.92 Å². The van der Waals surface area contributed by atoms with Gasteiger partial charge in [0.1, 0.15) is 5.82 Å². The van der Waals surface area contributed by atoms with Gasteiger partial charge in [-0.15, -0.1) is 5.10 Å². The van der Waals surface area contributed by atoms with Gasteiger partial charge in [0, 0.05) is 38.7 Å². The third-order valence-corrected chi connectivity index (χ3v) is 6.94. The van der Waals surface area contributed by atoms with Crippen LogP contribution in [0.5, 0.6) is 0 Å². The van der Waals surface area contributed by atoms with Crippen molar-refractivity contribution in [3.05, 3.63) is 51.8 Å². The fourth-order valence-electron chi connectivity index (χ4n) is 4.79. The first-order chi connectivity index (χ1) is 15.0. The standard InChI is InChI=1S/C25H34N4O2/c1-19-8-10-22(18-20(19)2)29-25(31)13-11-23(26-29)27-14-5-15-28(17-16-27)24(30)12-9-21-6-3-4-7-21/h8,10-11,13,18,21H,3-7,9,12,14-17H2,1-2H3. The van der Waals surface area contributed by atoms with Gasteiger partial charge in [0.15, 0.2) is 0 Å². The third kappa shape index (κ3) is 5.17. The molecule has 1 saturated heterocycles. The molecule has 31 heavy (non-hydrogen) atoms. The summed E-state index contributed by atoms with van der Waals surface area (Å²) in [5, 5.41) is 4.66. The van der Waals surface area contributed by atoms with Crippen LogP contribution < -0.4 is 10.5 Å². The molecule has 0 atom stereocenters. The summed E-state index contributed by atoms with van der Waals surface area (Å²) in [6, 6.07) is 9.35. The van der Waals surface area contributed by atoms with Crippen molar-refractivity contribution < 1.29 is 4.79 Å². The topological polar surface area (TPSA) is 58.4 Å². The van der Waals surface area contributed by atoms with Crippen LogP contribution in [0.2, 0.25) is 0 Å². The summed E-state index contributed by atoms with van der Waals surface area (Å²) in [6.45, 7) is 7.20. The highest BCUT2D eigenvalue weighted by Gasteiger charge is 2.22. The number of hydrogen-bond acceptors (Lipinski definition) is 4. The van der Waals surface area contributed by atoms with E-state index in [1.54, 1.807) is 12.1 Å². The molecule has 0 N–H and O–H groups in total. The van der Waals surface area contributed by atoms with E-state index >= 15 is 0 Å². The van der Waals surface area contributed by atoms with E-state index in [-0.39, 0.29) is 5.56 Å². The number of rotatable bonds is 5. The van der Waals surface area contributed by atoms with Gasteiger partial charge in [-0.1, -0.05) is 31.7 Å². The second kappa shape index (κ2) is 9.67. The van der Waals surface area contributed by atoms with Gasteiger partial charge in [-0.05, 0) is 61.9 Å². The number of nitrogens with zero attached hydrogens (tertiary/aromatic N) is 4. The summed E-state index contributed by atoms with van der Waals surface area (Å²) < 4.78 is 1.48.